The molecular formula is C9H14Cl2N4O2. The van der Waals surface area contributed by atoms with Gasteiger partial charge in [-0.3, -0.25) is 0 Å². The average Bonchev–Trinajstić information content (AvgIpc) is 2.33. The van der Waals surface area contributed by atoms with Crippen molar-refractivity contribution < 1.29 is 9.47 Å². The number of aromatic nitrogens is 3. The molecule has 0 aliphatic heterocycles. The van der Waals surface area contributed by atoms with Crippen LogP contribution >= 0.6 is 23.2 Å². The molecule has 1 aromatic heterocycles. The molecule has 0 fully saturated rings. The number of rotatable bonds is 7. The van der Waals surface area contributed by atoms with E-state index in [1.807, 2.05) is 4.90 Å². The first-order valence-electron chi connectivity index (χ1n) is 4.97. The lowest BCUT2D eigenvalue weighted by molar-refractivity contribution is 0.190. The van der Waals surface area contributed by atoms with Crippen LogP contribution in [0.25, 0.3) is 0 Å². The minimum absolute atomic E-state index is 0.0595. The summed E-state index contributed by atoms with van der Waals surface area (Å²) in [5.74, 6) is 0.487. The monoisotopic (exact) mass is 280 g/mol. The van der Waals surface area contributed by atoms with Crippen LogP contribution in [0.1, 0.15) is 0 Å². The molecule has 96 valence electrons. The summed E-state index contributed by atoms with van der Waals surface area (Å²) in [5, 5.41) is 7.55. The lowest BCUT2D eigenvalue weighted by atomic mass is 10.4. The highest BCUT2D eigenvalue weighted by Crippen LogP contribution is 2.21. The highest BCUT2D eigenvalue weighted by atomic mass is 35.5. The van der Waals surface area contributed by atoms with Crippen LogP contribution in [0.5, 0.6) is 0 Å². The van der Waals surface area contributed by atoms with E-state index in [1.165, 1.54) is 0 Å². The van der Waals surface area contributed by atoms with Gasteiger partial charge in [-0.2, -0.15) is 4.98 Å². The molecule has 0 atom stereocenters. The van der Waals surface area contributed by atoms with Crippen LogP contribution < -0.4 is 4.90 Å². The molecule has 0 aliphatic rings. The second-order valence-corrected chi connectivity index (χ2v) is 3.86. The van der Waals surface area contributed by atoms with Gasteiger partial charge in [0, 0.05) is 27.3 Å². The summed E-state index contributed by atoms with van der Waals surface area (Å²) in [6.45, 7) is 2.33. The van der Waals surface area contributed by atoms with Crippen molar-refractivity contribution in [2.75, 3.05) is 45.4 Å². The van der Waals surface area contributed by atoms with E-state index in [2.05, 4.69) is 15.2 Å². The molecular weight excluding hydrogens is 267 g/mol. The first-order valence-corrected chi connectivity index (χ1v) is 5.73. The van der Waals surface area contributed by atoms with Crippen molar-refractivity contribution in [3.05, 3.63) is 10.4 Å². The van der Waals surface area contributed by atoms with E-state index in [9.17, 15) is 0 Å². The molecule has 0 aliphatic carbocycles. The van der Waals surface area contributed by atoms with Gasteiger partial charge in [-0.25, -0.2) is 0 Å². The molecule has 6 nitrogen and oxygen atoms in total. The Morgan fingerprint density at radius 1 is 1.06 bits per heavy atom. The predicted molar refractivity (Wildman–Crippen MR) is 65.8 cm³/mol. The minimum atomic E-state index is 0.0595. The van der Waals surface area contributed by atoms with Crippen LogP contribution in [0.2, 0.25) is 10.4 Å². The van der Waals surface area contributed by atoms with Gasteiger partial charge in [-0.15, -0.1) is 10.2 Å². The fourth-order valence-corrected chi connectivity index (χ4v) is 1.53. The van der Waals surface area contributed by atoms with Gasteiger partial charge < -0.3 is 14.4 Å². The van der Waals surface area contributed by atoms with Crippen molar-refractivity contribution in [2.45, 2.75) is 0 Å². The summed E-state index contributed by atoms with van der Waals surface area (Å²) < 4.78 is 10.0. The number of hydrogen-bond acceptors (Lipinski definition) is 6. The molecule has 0 saturated heterocycles. The Labute approximate surface area is 110 Å². The third-order valence-electron chi connectivity index (χ3n) is 2.03. The van der Waals surface area contributed by atoms with Crippen molar-refractivity contribution in [1.29, 1.82) is 0 Å². The lowest BCUT2D eigenvalue weighted by Gasteiger charge is -2.23. The molecule has 0 bridgehead atoms. The van der Waals surface area contributed by atoms with Crippen LogP contribution in [0.4, 0.5) is 5.82 Å². The summed E-state index contributed by atoms with van der Waals surface area (Å²) in [7, 11) is 3.25. The standard InChI is InChI=1S/C9H14Cl2N4O2/c1-16-5-3-15(4-6-17-2)8-7(10)13-14-9(11)12-8/h3-6H2,1-2H3. The highest BCUT2D eigenvalue weighted by Gasteiger charge is 2.14. The molecule has 8 heteroatoms. The molecule has 17 heavy (non-hydrogen) atoms. The molecule has 0 amide bonds. The lowest BCUT2D eigenvalue weighted by Crippen LogP contribution is -2.32. The van der Waals surface area contributed by atoms with Gasteiger partial charge >= 0.3 is 0 Å². The second-order valence-electron chi connectivity index (χ2n) is 3.17. The number of halogens is 2. The molecule has 0 spiro atoms. The normalized spacial score (nSPS) is 10.6. The smallest absolute Gasteiger partial charge is 0.245 e. The Bertz CT molecular complexity index is 346. The van der Waals surface area contributed by atoms with Crippen LogP contribution in [-0.2, 0) is 9.47 Å². The van der Waals surface area contributed by atoms with E-state index >= 15 is 0 Å². The molecule has 0 unspecified atom stereocenters. The molecule has 0 radical (unpaired) electrons. The van der Waals surface area contributed by atoms with Gasteiger partial charge in [-0.1, -0.05) is 11.6 Å². The number of anilines is 1. The third-order valence-corrected chi connectivity index (χ3v) is 2.44. The maximum atomic E-state index is 5.93. The Morgan fingerprint density at radius 2 is 1.65 bits per heavy atom. The number of methoxy groups -OCH3 is 2. The average molecular weight is 281 g/mol. The topological polar surface area (TPSA) is 60.4 Å². The molecule has 1 heterocycles. The largest absolute Gasteiger partial charge is 0.383 e. The van der Waals surface area contributed by atoms with Crippen molar-refractivity contribution in [2.24, 2.45) is 0 Å². The van der Waals surface area contributed by atoms with Gasteiger partial charge in [0.1, 0.15) is 0 Å². The summed E-state index contributed by atoms with van der Waals surface area (Å²) >= 11 is 11.6. The SMILES string of the molecule is COCCN(CCOC)c1nc(Cl)nnc1Cl. The zero-order valence-electron chi connectivity index (χ0n) is 9.69. The maximum absolute atomic E-state index is 5.93. The summed E-state index contributed by atoms with van der Waals surface area (Å²) in [5.41, 5.74) is 0. The van der Waals surface area contributed by atoms with E-state index in [0.29, 0.717) is 32.1 Å². The van der Waals surface area contributed by atoms with E-state index in [-0.39, 0.29) is 10.4 Å². The molecule has 0 saturated carbocycles. The maximum Gasteiger partial charge on any atom is 0.245 e. The first kappa shape index (κ1) is 14.4. The van der Waals surface area contributed by atoms with Gasteiger partial charge in [0.25, 0.3) is 0 Å². The zero-order chi connectivity index (χ0) is 12.7. The highest BCUT2D eigenvalue weighted by molar-refractivity contribution is 6.32. The van der Waals surface area contributed by atoms with Crippen molar-refractivity contribution in [1.82, 2.24) is 15.2 Å². The summed E-state index contributed by atoms with van der Waals surface area (Å²) in [6, 6.07) is 0. The Balaban J connectivity index is 2.82. The number of nitrogens with zero attached hydrogens (tertiary/aromatic N) is 4. The van der Waals surface area contributed by atoms with Gasteiger partial charge in [-0.05, 0) is 11.6 Å². The number of ether oxygens (including phenoxy) is 2. The molecule has 0 N–H and O–H groups in total. The summed E-state index contributed by atoms with van der Waals surface area (Å²) in [4.78, 5) is 5.94. The Morgan fingerprint density at radius 3 is 2.18 bits per heavy atom. The fourth-order valence-electron chi connectivity index (χ4n) is 1.21. The van der Waals surface area contributed by atoms with E-state index in [1.54, 1.807) is 14.2 Å². The zero-order valence-corrected chi connectivity index (χ0v) is 11.2. The predicted octanol–water partition coefficient (Wildman–Crippen LogP) is 1.28. The second kappa shape index (κ2) is 7.60. The third kappa shape index (κ3) is 4.59. The van der Waals surface area contributed by atoms with Crippen molar-refractivity contribution >= 4 is 29.0 Å². The van der Waals surface area contributed by atoms with Gasteiger partial charge in [0.2, 0.25) is 5.28 Å². The molecule has 0 aromatic carbocycles. The van der Waals surface area contributed by atoms with Crippen LogP contribution in [0, 0.1) is 0 Å². The summed E-state index contributed by atoms with van der Waals surface area (Å²) in [6.07, 6.45) is 0. The van der Waals surface area contributed by atoms with Crippen LogP contribution in [0.3, 0.4) is 0 Å². The van der Waals surface area contributed by atoms with Gasteiger partial charge in [0.05, 0.1) is 13.2 Å². The number of hydrogen-bond donors (Lipinski definition) is 0. The van der Waals surface area contributed by atoms with Gasteiger partial charge in [0.15, 0.2) is 11.0 Å². The first-order chi connectivity index (χ1) is 8.19. The van der Waals surface area contributed by atoms with Crippen molar-refractivity contribution in [3.63, 3.8) is 0 Å². The minimum Gasteiger partial charge on any atom is -0.383 e. The fraction of sp³-hybridized carbons (Fsp3) is 0.667. The quantitative estimate of drug-likeness (QED) is 0.750. The molecule has 1 aromatic rings. The van der Waals surface area contributed by atoms with Crippen LogP contribution in [-0.4, -0.2) is 55.7 Å². The molecule has 1 rings (SSSR count). The van der Waals surface area contributed by atoms with E-state index in [4.69, 9.17) is 32.7 Å². The van der Waals surface area contributed by atoms with Crippen molar-refractivity contribution in [3.8, 4) is 0 Å². The van der Waals surface area contributed by atoms with E-state index in [0.717, 1.165) is 0 Å². The van der Waals surface area contributed by atoms with E-state index < -0.39 is 0 Å². The Kier molecular flexibility index (Phi) is 6.43. The Hall–Kier alpha value is -0.690. The van der Waals surface area contributed by atoms with Crippen LogP contribution in [0.15, 0.2) is 0 Å².